The molecule has 4 nitrogen and oxygen atoms in total. The van der Waals surface area contributed by atoms with E-state index >= 15 is 0 Å². The number of nitrogen functional groups attached to an aromatic ring is 1. The van der Waals surface area contributed by atoms with Crippen LogP contribution in [0.5, 0.6) is 0 Å². The van der Waals surface area contributed by atoms with Crippen molar-refractivity contribution in [1.82, 2.24) is 9.78 Å². The first kappa shape index (κ1) is 11.6. The fourth-order valence-corrected chi connectivity index (χ4v) is 2.18. The van der Waals surface area contributed by atoms with Crippen LogP contribution in [0, 0.1) is 11.3 Å². The minimum atomic E-state index is 0.410. The van der Waals surface area contributed by atoms with Crippen LogP contribution in [0.15, 0.2) is 42.6 Å². The summed E-state index contributed by atoms with van der Waals surface area (Å²) in [6.45, 7) is 0. The molecule has 2 N–H and O–H groups in total. The lowest BCUT2D eigenvalue weighted by Gasteiger charge is -2.05. The first-order chi connectivity index (χ1) is 9.19. The van der Waals surface area contributed by atoms with E-state index in [9.17, 15) is 0 Å². The highest BCUT2D eigenvalue weighted by Gasteiger charge is 2.07. The van der Waals surface area contributed by atoms with Crippen molar-refractivity contribution in [1.29, 1.82) is 5.26 Å². The molecule has 0 spiro atoms. The third-order valence-electron chi connectivity index (χ3n) is 2.91. The molecular formula is C14H9ClN4. The number of hydrogen-bond acceptors (Lipinski definition) is 3. The van der Waals surface area contributed by atoms with E-state index in [1.807, 2.05) is 24.3 Å². The van der Waals surface area contributed by atoms with Gasteiger partial charge in [0.1, 0.15) is 6.07 Å². The third-order valence-corrected chi connectivity index (χ3v) is 3.23. The van der Waals surface area contributed by atoms with E-state index in [0.717, 1.165) is 16.6 Å². The van der Waals surface area contributed by atoms with Crippen molar-refractivity contribution in [3.05, 3.63) is 53.2 Å². The van der Waals surface area contributed by atoms with Gasteiger partial charge in [0, 0.05) is 11.1 Å². The van der Waals surface area contributed by atoms with Crippen molar-refractivity contribution >= 4 is 28.2 Å². The van der Waals surface area contributed by atoms with Crippen molar-refractivity contribution in [2.75, 3.05) is 5.73 Å². The number of nitrogens with two attached hydrogens (primary N) is 1. The molecule has 0 aliphatic rings. The van der Waals surface area contributed by atoms with Gasteiger partial charge in [-0.15, -0.1) is 0 Å². The van der Waals surface area contributed by atoms with Gasteiger partial charge in [0.15, 0.2) is 0 Å². The maximum absolute atomic E-state index is 8.87. The van der Waals surface area contributed by atoms with Crippen LogP contribution in [0.25, 0.3) is 16.6 Å². The minimum absolute atomic E-state index is 0.410. The molecule has 3 rings (SSSR count). The number of hydrogen-bond donors (Lipinski definition) is 1. The van der Waals surface area contributed by atoms with E-state index in [-0.39, 0.29) is 0 Å². The molecule has 2 aromatic carbocycles. The number of fused-ring (bicyclic) bond motifs is 1. The molecule has 0 amide bonds. The van der Waals surface area contributed by atoms with E-state index < -0.39 is 0 Å². The quantitative estimate of drug-likeness (QED) is 0.690. The van der Waals surface area contributed by atoms with E-state index in [4.69, 9.17) is 22.6 Å². The van der Waals surface area contributed by atoms with Crippen molar-refractivity contribution in [3.63, 3.8) is 0 Å². The van der Waals surface area contributed by atoms with Gasteiger partial charge in [0.05, 0.1) is 28.0 Å². The molecule has 92 valence electrons. The highest BCUT2D eigenvalue weighted by molar-refractivity contribution is 6.31. The molecule has 19 heavy (non-hydrogen) atoms. The standard InChI is InChI=1S/C14H9ClN4/c15-13-6-12(4-2-9(13)7-16)19-14-5-11(17)3-1-10(14)8-18-19/h1-6,8H,17H2. The summed E-state index contributed by atoms with van der Waals surface area (Å²) in [6.07, 6.45) is 1.76. The van der Waals surface area contributed by atoms with Gasteiger partial charge >= 0.3 is 0 Å². The van der Waals surface area contributed by atoms with Gasteiger partial charge < -0.3 is 5.73 Å². The third kappa shape index (κ3) is 1.90. The fraction of sp³-hybridized carbons (Fsp3) is 0. The zero-order valence-electron chi connectivity index (χ0n) is 9.84. The molecule has 0 atom stereocenters. The van der Waals surface area contributed by atoms with E-state index in [1.54, 1.807) is 29.1 Å². The lowest BCUT2D eigenvalue weighted by atomic mass is 10.2. The Kier molecular flexibility index (Phi) is 2.62. The minimum Gasteiger partial charge on any atom is -0.399 e. The average molecular weight is 269 g/mol. The number of halogens is 1. The molecule has 1 heterocycles. The zero-order valence-corrected chi connectivity index (χ0v) is 10.6. The lowest BCUT2D eigenvalue weighted by Crippen LogP contribution is -1.97. The normalized spacial score (nSPS) is 10.5. The molecule has 0 aliphatic carbocycles. The van der Waals surface area contributed by atoms with Gasteiger partial charge in [-0.1, -0.05) is 11.6 Å². The second-order valence-corrected chi connectivity index (χ2v) is 4.56. The van der Waals surface area contributed by atoms with Crippen molar-refractivity contribution < 1.29 is 0 Å². The topological polar surface area (TPSA) is 67.6 Å². The Labute approximate surface area is 114 Å². The maximum atomic E-state index is 8.87. The zero-order chi connectivity index (χ0) is 13.4. The summed E-state index contributed by atoms with van der Waals surface area (Å²) in [7, 11) is 0. The smallest absolute Gasteiger partial charge is 0.101 e. The summed E-state index contributed by atoms with van der Waals surface area (Å²) in [5, 5.41) is 14.6. The first-order valence-electron chi connectivity index (χ1n) is 5.62. The molecule has 0 fully saturated rings. The molecule has 5 heteroatoms. The molecule has 0 saturated carbocycles. The average Bonchev–Trinajstić information content (AvgIpc) is 2.81. The monoisotopic (exact) mass is 268 g/mol. The van der Waals surface area contributed by atoms with Crippen LogP contribution < -0.4 is 5.73 Å². The van der Waals surface area contributed by atoms with Crippen LogP contribution in [-0.2, 0) is 0 Å². The van der Waals surface area contributed by atoms with E-state index in [2.05, 4.69) is 5.10 Å². The molecular weight excluding hydrogens is 260 g/mol. The van der Waals surface area contributed by atoms with Crippen molar-refractivity contribution in [2.45, 2.75) is 0 Å². The predicted octanol–water partition coefficient (Wildman–Crippen LogP) is 3.13. The summed E-state index contributed by atoms with van der Waals surface area (Å²) >= 11 is 6.04. The van der Waals surface area contributed by atoms with E-state index in [0.29, 0.717) is 16.3 Å². The van der Waals surface area contributed by atoms with Crippen LogP contribution in [0.3, 0.4) is 0 Å². The van der Waals surface area contributed by atoms with Crippen LogP contribution >= 0.6 is 11.6 Å². The second kappa shape index (κ2) is 4.30. The highest BCUT2D eigenvalue weighted by atomic mass is 35.5. The SMILES string of the molecule is N#Cc1ccc(-n2ncc3ccc(N)cc32)cc1Cl. The summed E-state index contributed by atoms with van der Waals surface area (Å²) < 4.78 is 1.75. The van der Waals surface area contributed by atoms with Gasteiger partial charge in [0.2, 0.25) is 0 Å². The van der Waals surface area contributed by atoms with E-state index in [1.165, 1.54) is 0 Å². The Bertz CT molecular complexity index is 814. The molecule has 0 aliphatic heterocycles. The molecule has 0 unspecified atom stereocenters. The predicted molar refractivity (Wildman–Crippen MR) is 75.2 cm³/mol. The summed E-state index contributed by atoms with van der Waals surface area (Å²) in [5.41, 5.74) is 8.62. The summed E-state index contributed by atoms with van der Waals surface area (Å²) in [6, 6.07) is 12.8. The molecule has 3 aromatic rings. The number of anilines is 1. The summed E-state index contributed by atoms with van der Waals surface area (Å²) in [4.78, 5) is 0. The molecule has 1 aromatic heterocycles. The van der Waals surface area contributed by atoms with Crippen LogP contribution in [0.1, 0.15) is 5.56 Å². The largest absolute Gasteiger partial charge is 0.399 e. The van der Waals surface area contributed by atoms with Crippen molar-refractivity contribution in [2.24, 2.45) is 0 Å². The second-order valence-electron chi connectivity index (χ2n) is 4.15. The number of aromatic nitrogens is 2. The summed E-state index contributed by atoms with van der Waals surface area (Å²) in [5.74, 6) is 0. The molecule has 0 bridgehead atoms. The van der Waals surface area contributed by atoms with Crippen LogP contribution in [0.4, 0.5) is 5.69 Å². The lowest BCUT2D eigenvalue weighted by molar-refractivity contribution is 0.911. The van der Waals surface area contributed by atoms with Gasteiger partial charge in [-0.05, 0) is 36.4 Å². The van der Waals surface area contributed by atoms with Gasteiger partial charge in [-0.2, -0.15) is 10.4 Å². The van der Waals surface area contributed by atoms with Gasteiger partial charge in [-0.25, -0.2) is 4.68 Å². The Hall–Kier alpha value is -2.51. The maximum Gasteiger partial charge on any atom is 0.101 e. The Morgan fingerprint density at radius 1 is 1.21 bits per heavy atom. The molecule has 0 saturated heterocycles. The number of rotatable bonds is 1. The molecule has 0 radical (unpaired) electrons. The Morgan fingerprint density at radius 2 is 2.05 bits per heavy atom. The van der Waals surface area contributed by atoms with Crippen molar-refractivity contribution in [3.8, 4) is 11.8 Å². The first-order valence-corrected chi connectivity index (χ1v) is 6.00. The van der Waals surface area contributed by atoms with Gasteiger partial charge in [-0.3, -0.25) is 0 Å². The fourth-order valence-electron chi connectivity index (χ4n) is 1.97. The number of nitrogens with zero attached hydrogens (tertiary/aromatic N) is 3. The number of benzene rings is 2. The van der Waals surface area contributed by atoms with Gasteiger partial charge in [0.25, 0.3) is 0 Å². The van der Waals surface area contributed by atoms with Crippen LogP contribution in [-0.4, -0.2) is 9.78 Å². The Morgan fingerprint density at radius 3 is 2.79 bits per heavy atom. The highest BCUT2D eigenvalue weighted by Crippen LogP contribution is 2.24. The Balaban J connectivity index is 2.22. The van der Waals surface area contributed by atoms with Crippen LogP contribution in [0.2, 0.25) is 5.02 Å². The number of nitriles is 1.